The highest BCUT2D eigenvalue weighted by Crippen LogP contribution is 2.35. The normalized spacial score (nSPS) is 12.9. The summed E-state index contributed by atoms with van der Waals surface area (Å²) in [6.45, 7) is 10.2. The Balaban J connectivity index is 0.000000189. The molecule has 0 spiro atoms. The van der Waals surface area contributed by atoms with Gasteiger partial charge in [-0.05, 0) is 111 Å². The molecule has 0 fully saturated rings. The number of esters is 1. The van der Waals surface area contributed by atoms with Crippen molar-refractivity contribution in [3.05, 3.63) is 137 Å². The second kappa shape index (κ2) is 21.4. The zero-order valence-electron chi connectivity index (χ0n) is 34.4. The smallest absolute Gasteiger partial charge is 0.339 e. The number of carbonyl (C=O) groups excluding carboxylic acids is 2. The van der Waals surface area contributed by atoms with Crippen molar-refractivity contribution in [2.24, 2.45) is 5.84 Å². The van der Waals surface area contributed by atoms with Crippen LogP contribution in [0.5, 0.6) is 5.75 Å². The van der Waals surface area contributed by atoms with E-state index in [0.717, 1.165) is 76.0 Å². The predicted octanol–water partition coefficient (Wildman–Crippen LogP) is 8.22. The van der Waals surface area contributed by atoms with E-state index in [2.05, 4.69) is 48.1 Å². The number of methoxy groups -OCH3 is 1. The number of nitrogens with zero attached hydrogens (tertiary/aromatic N) is 3. The van der Waals surface area contributed by atoms with Crippen molar-refractivity contribution in [3.63, 3.8) is 0 Å². The molecule has 7 rings (SSSR count). The van der Waals surface area contributed by atoms with Gasteiger partial charge in [0.2, 0.25) is 0 Å². The largest absolute Gasteiger partial charge is 0.497 e. The minimum atomic E-state index is -3.23. The van der Waals surface area contributed by atoms with Gasteiger partial charge in [0.15, 0.2) is 9.84 Å². The van der Waals surface area contributed by atoms with Crippen LogP contribution in [0.2, 0.25) is 5.02 Å². The Morgan fingerprint density at radius 2 is 1.62 bits per heavy atom. The van der Waals surface area contributed by atoms with Crippen molar-refractivity contribution >= 4 is 72.0 Å². The summed E-state index contributed by atoms with van der Waals surface area (Å²) < 4.78 is 33.6. The van der Waals surface area contributed by atoms with E-state index in [1.54, 1.807) is 43.5 Å². The van der Waals surface area contributed by atoms with Gasteiger partial charge in [-0.2, -0.15) is 0 Å². The number of nitrogens with one attached hydrogen (secondary N) is 2. The molecule has 1 aliphatic heterocycles. The van der Waals surface area contributed by atoms with E-state index in [1.165, 1.54) is 25.1 Å². The van der Waals surface area contributed by atoms with E-state index in [4.69, 9.17) is 31.9 Å². The van der Waals surface area contributed by atoms with Gasteiger partial charge < -0.3 is 19.7 Å². The van der Waals surface area contributed by atoms with Gasteiger partial charge in [0.1, 0.15) is 12.4 Å². The molecule has 1 aliphatic rings. The molecule has 0 saturated carbocycles. The molecule has 12 nitrogen and oxygen atoms in total. The lowest BCUT2D eigenvalue weighted by molar-refractivity contribution is -0.133. The van der Waals surface area contributed by atoms with E-state index < -0.39 is 9.84 Å². The van der Waals surface area contributed by atoms with E-state index in [0.29, 0.717) is 22.2 Å². The highest BCUT2D eigenvalue weighted by Gasteiger charge is 2.27. The number of hydrogen-bond acceptors (Lipinski definition) is 11. The molecule has 60 heavy (non-hydrogen) atoms. The summed E-state index contributed by atoms with van der Waals surface area (Å²) in [6, 6.07) is 31.2. The van der Waals surface area contributed by atoms with Crippen LogP contribution in [-0.4, -0.2) is 80.8 Å². The first-order valence-electron chi connectivity index (χ1n) is 19.6. The van der Waals surface area contributed by atoms with Crippen molar-refractivity contribution < 1.29 is 27.5 Å². The fourth-order valence-electron chi connectivity index (χ4n) is 6.68. The van der Waals surface area contributed by atoms with Crippen molar-refractivity contribution in [3.8, 4) is 5.75 Å². The molecule has 4 N–H and O–H groups in total. The predicted molar refractivity (Wildman–Crippen MR) is 241 cm³/mol. The van der Waals surface area contributed by atoms with Gasteiger partial charge in [-0.25, -0.2) is 24.0 Å². The number of rotatable bonds is 13. The lowest BCUT2D eigenvalue weighted by Gasteiger charge is -2.22. The Labute approximate surface area is 356 Å². The first-order chi connectivity index (χ1) is 28.9. The number of pyridine rings is 2. The number of amides is 1. The number of hydrogen-bond donors (Lipinski definition) is 3. The van der Waals surface area contributed by atoms with Gasteiger partial charge in [-0.15, -0.1) is 0 Å². The number of cyclic esters (lactones) is 1. The first kappa shape index (κ1) is 45.2. The molecule has 314 valence electrons. The maximum Gasteiger partial charge on any atom is 0.339 e. The molecule has 0 radical (unpaired) electrons. The summed E-state index contributed by atoms with van der Waals surface area (Å²) in [6.07, 6.45) is 6.51. The lowest BCUT2D eigenvalue weighted by atomic mass is 9.97. The second-order valence-corrected chi connectivity index (χ2v) is 16.5. The van der Waals surface area contributed by atoms with Crippen LogP contribution in [0.25, 0.3) is 33.0 Å². The summed E-state index contributed by atoms with van der Waals surface area (Å²) >= 11 is 6.22. The van der Waals surface area contributed by atoms with Crippen LogP contribution in [0.4, 0.5) is 5.69 Å². The second-order valence-electron chi connectivity index (χ2n) is 14.0. The number of ether oxygens (including phenoxy) is 2. The number of fused-ring (bicyclic) bond motifs is 2. The molecule has 1 amide bonds. The average Bonchev–Trinajstić information content (AvgIpc) is 3.66. The number of nitrogens with two attached hydrogens (primary N) is 1. The molecule has 3 heterocycles. The third-order valence-electron chi connectivity index (χ3n) is 9.96. The Hall–Kier alpha value is -5.86. The van der Waals surface area contributed by atoms with Gasteiger partial charge >= 0.3 is 5.97 Å². The highest BCUT2D eigenvalue weighted by atomic mass is 35.5. The van der Waals surface area contributed by atoms with Crippen LogP contribution in [0.1, 0.15) is 55.1 Å². The monoisotopic (exact) mass is 850 g/mol. The van der Waals surface area contributed by atoms with Gasteiger partial charge in [0.05, 0.1) is 34.3 Å². The van der Waals surface area contributed by atoms with E-state index in [-0.39, 0.29) is 23.4 Å². The minimum Gasteiger partial charge on any atom is -0.497 e. The SMILES string of the molecule is CCN(CC)CCCC(C)Nc1c2ccc(Cl)cc2nc2ccc(OC)cc12.CS(=O)(=O)c1ccc(C2=C(c3ccccc3)C(=O)OC2)cc1.NNC(=O)c1ccncc1. The molecule has 0 saturated heterocycles. The van der Waals surface area contributed by atoms with Crippen LogP contribution in [0, 0.1) is 0 Å². The molecule has 4 aromatic carbocycles. The van der Waals surface area contributed by atoms with Crippen molar-refractivity contribution in [2.75, 3.05) is 44.9 Å². The highest BCUT2D eigenvalue weighted by molar-refractivity contribution is 7.90. The minimum absolute atomic E-state index is 0.196. The number of anilines is 1. The zero-order chi connectivity index (χ0) is 43.2. The molecule has 2 aromatic heterocycles. The van der Waals surface area contributed by atoms with Gasteiger partial charge in [-0.3, -0.25) is 15.2 Å². The average molecular weight is 851 g/mol. The number of aromatic nitrogens is 2. The van der Waals surface area contributed by atoms with Crippen LogP contribution in [0.15, 0.2) is 120 Å². The summed E-state index contributed by atoms with van der Waals surface area (Å²) in [7, 11) is -1.54. The molecule has 1 atom stereocenters. The Kier molecular flexibility index (Phi) is 16.1. The van der Waals surface area contributed by atoms with Crippen molar-refractivity contribution in [1.29, 1.82) is 0 Å². The molecule has 0 bridgehead atoms. The molecule has 1 unspecified atom stereocenters. The van der Waals surface area contributed by atoms with Crippen molar-refractivity contribution in [1.82, 2.24) is 20.3 Å². The zero-order valence-corrected chi connectivity index (χ0v) is 36.0. The Bertz CT molecular complexity index is 2530. The van der Waals surface area contributed by atoms with Crippen LogP contribution < -0.4 is 21.3 Å². The van der Waals surface area contributed by atoms with E-state index in [1.807, 2.05) is 60.0 Å². The first-order valence-corrected chi connectivity index (χ1v) is 21.9. The molecular formula is C46H51ClN6O6S. The summed E-state index contributed by atoms with van der Waals surface area (Å²) in [5.74, 6) is 5.06. The van der Waals surface area contributed by atoms with Crippen LogP contribution in [0.3, 0.4) is 0 Å². The topological polar surface area (TPSA) is 166 Å². The summed E-state index contributed by atoms with van der Waals surface area (Å²) in [5, 5.41) is 6.61. The summed E-state index contributed by atoms with van der Waals surface area (Å²) in [4.78, 5) is 34.0. The molecular weight excluding hydrogens is 800 g/mol. The van der Waals surface area contributed by atoms with Gasteiger partial charge in [0, 0.05) is 51.6 Å². The van der Waals surface area contributed by atoms with Gasteiger partial charge in [0.25, 0.3) is 5.91 Å². The molecule has 6 aromatic rings. The fraction of sp³-hybridized carbons (Fsp3) is 0.261. The van der Waals surface area contributed by atoms with Crippen LogP contribution >= 0.6 is 11.6 Å². The number of benzene rings is 4. The van der Waals surface area contributed by atoms with Crippen LogP contribution in [-0.2, 0) is 19.4 Å². The third kappa shape index (κ3) is 11.9. The lowest BCUT2D eigenvalue weighted by Crippen LogP contribution is -2.29. The van der Waals surface area contributed by atoms with E-state index >= 15 is 0 Å². The molecule has 0 aliphatic carbocycles. The van der Waals surface area contributed by atoms with Gasteiger partial charge in [-0.1, -0.05) is 67.9 Å². The number of halogens is 1. The fourth-order valence-corrected chi connectivity index (χ4v) is 7.47. The maximum atomic E-state index is 12.0. The Morgan fingerprint density at radius 1 is 0.917 bits per heavy atom. The maximum absolute atomic E-state index is 12.0. The van der Waals surface area contributed by atoms with E-state index in [9.17, 15) is 18.0 Å². The third-order valence-corrected chi connectivity index (χ3v) is 11.3. The molecule has 14 heteroatoms. The Morgan fingerprint density at radius 3 is 2.25 bits per heavy atom. The standard InChI is InChI=1S/C23H30ClN3O.C17H14O4S.C6H7N3O/c1-5-27(6-2)13-7-8-16(3)25-23-19-11-9-17(24)14-22(19)26-21-12-10-18(28-4)15-20(21)23;1-22(19,20)14-9-7-12(8-10-14)15-11-21-17(18)16(15)13-5-3-2-4-6-13;7-9-6(10)5-1-3-8-4-2-5/h9-12,14-16H,5-8,13H2,1-4H3,(H,25,26);2-10H,11H2,1H3;1-4H,7H2,(H,9,10). The number of hydrazine groups is 1. The number of nitrogen functional groups attached to an aromatic ring is 1. The summed E-state index contributed by atoms with van der Waals surface area (Å²) in [5.41, 5.74) is 8.37. The number of sulfone groups is 1. The van der Waals surface area contributed by atoms with Crippen molar-refractivity contribution in [2.45, 2.75) is 44.6 Å². The number of carbonyl (C=O) groups is 2. The quantitative estimate of drug-likeness (QED) is 0.0337.